The van der Waals surface area contributed by atoms with Gasteiger partial charge in [0.05, 0.1) is 13.2 Å². The van der Waals surface area contributed by atoms with Crippen LogP contribution < -0.4 is 4.90 Å². The normalized spacial score (nSPS) is 16.1. The molecule has 1 aromatic carbocycles. The van der Waals surface area contributed by atoms with Crippen LogP contribution in [0.2, 0.25) is 5.02 Å². The molecule has 1 fully saturated rings. The predicted octanol–water partition coefficient (Wildman–Crippen LogP) is 1.63. The summed E-state index contributed by atoms with van der Waals surface area (Å²) in [5.41, 5.74) is 1.04. The minimum absolute atomic E-state index is 0.725. The Balaban J connectivity index is 1.92. The van der Waals surface area contributed by atoms with E-state index in [1.54, 1.807) is 0 Å². The molecule has 0 atom stereocenters. The van der Waals surface area contributed by atoms with E-state index in [4.69, 9.17) is 33.7 Å². The number of halogens is 1. The minimum atomic E-state index is 0.725. The van der Waals surface area contributed by atoms with E-state index in [0.29, 0.717) is 0 Å². The van der Waals surface area contributed by atoms with Gasteiger partial charge in [0.15, 0.2) is 12.5 Å². The van der Waals surface area contributed by atoms with Gasteiger partial charge in [-0.15, -0.1) is 5.10 Å². The Morgan fingerprint density at radius 3 is 2.59 bits per heavy atom. The quantitative estimate of drug-likeness (QED) is 0.860. The summed E-state index contributed by atoms with van der Waals surface area (Å²) in [6.45, 7) is 7.28. The minimum Gasteiger partial charge on any atom is -0.370 e. The fourth-order valence-corrected chi connectivity index (χ4v) is 3.12. The van der Waals surface area contributed by atoms with Gasteiger partial charge in [0, 0.05) is 17.1 Å². The number of ether oxygens (including phenoxy) is 1. The standard InChI is InChI=1S/C15H19ClN4OS/c1-2-19-14(12-3-5-13(16)6-4-12)17-20(15(19)22)11-18-7-9-21-10-8-18/h3-6H,2,7-11H2,1H3/p+1. The third-order valence-corrected chi connectivity index (χ3v) is 4.60. The molecule has 0 radical (unpaired) electrons. The first kappa shape index (κ1) is 15.7. The second-order valence-corrected chi connectivity index (χ2v) is 6.18. The highest BCUT2D eigenvalue weighted by Gasteiger charge is 2.18. The molecule has 0 spiro atoms. The maximum atomic E-state index is 5.97. The Morgan fingerprint density at radius 1 is 1.27 bits per heavy atom. The Labute approximate surface area is 140 Å². The first-order chi connectivity index (χ1) is 10.7. The van der Waals surface area contributed by atoms with Gasteiger partial charge in [-0.3, -0.25) is 0 Å². The molecule has 2 aromatic rings. The van der Waals surface area contributed by atoms with Crippen molar-refractivity contribution in [1.82, 2.24) is 14.3 Å². The van der Waals surface area contributed by atoms with Crippen molar-refractivity contribution in [2.24, 2.45) is 0 Å². The fourth-order valence-electron chi connectivity index (χ4n) is 2.67. The van der Waals surface area contributed by atoms with Crippen LogP contribution in [0.25, 0.3) is 11.4 Å². The van der Waals surface area contributed by atoms with E-state index in [1.165, 1.54) is 4.90 Å². The maximum Gasteiger partial charge on any atom is 0.203 e. The van der Waals surface area contributed by atoms with E-state index in [0.717, 1.165) is 60.7 Å². The SMILES string of the molecule is CCn1c(-c2ccc(Cl)cc2)nn(C[NH+]2CCOCC2)c1=S. The van der Waals surface area contributed by atoms with Crippen LogP contribution in [0.1, 0.15) is 6.92 Å². The lowest BCUT2D eigenvalue weighted by Crippen LogP contribution is -3.13. The summed E-state index contributed by atoms with van der Waals surface area (Å²) in [6, 6.07) is 7.73. The Morgan fingerprint density at radius 2 is 1.95 bits per heavy atom. The van der Waals surface area contributed by atoms with E-state index >= 15 is 0 Å². The first-order valence-corrected chi connectivity index (χ1v) is 8.32. The van der Waals surface area contributed by atoms with Crippen LogP contribution in [0.3, 0.4) is 0 Å². The van der Waals surface area contributed by atoms with E-state index in [2.05, 4.69) is 11.5 Å². The third kappa shape index (κ3) is 3.25. The van der Waals surface area contributed by atoms with Crippen LogP contribution in [0, 0.1) is 4.77 Å². The van der Waals surface area contributed by atoms with E-state index < -0.39 is 0 Å². The molecule has 1 aliphatic rings. The molecule has 7 heteroatoms. The number of benzene rings is 1. The van der Waals surface area contributed by atoms with E-state index in [9.17, 15) is 0 Å². The van der Waals surface area contributed by atoms with Gasteiger partial charge in [0.1, 0.15) is 13.1 Å². The van der Waals surface area contributed by atoms with Crippen molar-refractivity contribution < 1.29 is 9.64 Å². The second kappa shape index (κ2) is 6.91. The zero-order chi connectivity index (χ0) is 15.5. The second-order valence-electron chi connectivity index (χ2n) is 5.38. The van der Waals surface area contributed by atoms with Gasteiger partial charge in [-0.25, -0.2) is 0 Å². The molecule has 0 saturated carbocycles. The zero-order valence-corrected chi connectivity index (χ0v) is 14.2. The average molecular weight is 340 g/mol. The number of nitrogens with one attached hydrogen (secondary N) is 1. The van der Waals surface area contributed by atoms with Crippen molar-refractivity contribution in [3.8, 4) is 11.4 Å². The van der Waals surface area contributed by atoms with Crippen molar-refractivity contribution >= 4 is 23.8 Å². The van der Waals surface area contributed by atoms with Crippen molar-refractivity contribution in [2.75, 3.05) is 26.3 Å². The lowest BCUT2D eigenvalue weighted by atomic mass is 10.2. The lowest BCUT2D eigenvalue weighted by Gasteiger charge is -2.23. The summed E-state index contributed by atoms with van der Waals surface area (Å²) in [7, 11) is 0. The van der Waals surface area contributed by atoms with E-state index in [-0.39, 0.29) is 0 Å². The average Bonchev–Trinajstić information content (AvgIpc) is 2.85. The van der Waals surface area contributed by atoms with Gasteiger partial charge in [-0.1, -0.05) is 11.6 Å². The molecule has 1 aromatic heterocycles. The molecular formula is C15H20ClN4OS+. The molecule has 0 unspecified atom stereocenters. The molecule has 0 aliphatic carbocycles. The molecule has 0 bridgehead atoms. The number of rotatable bonds is 4. The topological polar surface area (TPSA) is 36.4 Å². The van der Waals surface area contributed by atoms with Gasteiger partial charge in [-0.05, 0) is 43.4 Å². The number of hydrogen-bond acceptors (Lipinski definition) is 3. The van der Waals surface area contributed by atoms with Gasteiger partial charge < -0.3 is 14.2 Å². The molecule has 1 N–H and O–H groups in total. The Kier molecular flexibility index (Phi) is 4.93. The smallest absolute Gasteiger partial charge is 0.203 e. The number of morpholine rings is 1. The Bertz CT molecular complexity index is 689. The van der Waals surface area contributed by atoms with Gasteiger partial charge in [0.25, 0.3) is 0 Å². The first-order valence-electron chi connectivity index (χ1n) is 7.54. The lowest BCUT2D eigenvalue weighted by molar-refractivity contribution is -0.930. The number of quaternary nitrogens is 1. The monoisotopic (exact) mass is 339 g/mol. The predicted molar refractivity (Wildman–Crippen MR) is 88.7 cm³/mol. The van der Waals surface area contributed by atoms with Crippen molar-refractivity contribution in [2.45, 2.75) is 20.1 Å². The summed E-state index contributed by atoms with van der Waals surface area (Å²) in [5, 5.41) is 5.47. The van der Waals surface area contributed by atoms with E-state index in [1.807, 2.05) is 28.9 Å². The number of aromatic nitrogens is 3. The van der Waals surface area contributed by atoms with Gasteiger partial charge in [0.2, 0.25) is 4.77 Å². The number of nitrogens with zero attached hydrogens (tertiary/aromatic N) is 3. The third-order valence-electron chi connectivity index (χ3n) is 3.91. The van der Waals surface area contributed by atoms with Gasteiger partial charge in [-0.2, -0.15) is 4.68 Å². The van der Waals surface area contributed by atoms with Crippen LogP contribution in [-0.2, 0) is 18.0 Å². The van der Waals surface area contributed by atoms with Crippen molar-refractivity contribution in [3.63, 3.8) is 0 Å². The molecule has 1 aliphatic heterocycles. The molecule has 3 rings (SSSR count). The molecule has 2 heterocycles. The molecule has 118 valence electrons. The zero-order valence-electron chi connectivity index (χ0n) is 12.6. The summed E-state index contributed by atoms with van der Waals surface area (Å²) in [5.74, 6) is 0.900. The molecule has 22 heavy (non-hydrogen) atoms. The number of hydrogen-bond donors (Lipinski definition) is 1. The summed E-state index contributed by atoms with van der Waals surface area (Å²) >= 11 is 11.6. The fraction of sp³-hybridized carbons (Fsp3) is 0.467. The summed E-state index contributed by atoms with van der Waals surface area (Å²) < 4.78 is 10.2. The molecule has 5 nitrogen and oxygen atoms in total. The highest BCUT2D eigenvalue weighted by atomic mass is 35.5. The molecule has 1 saturated heterocycles. The van der Waals surface area contributed by atoms with Crippen LogP contribution in [0.4, 0.5) is 0 Å². The highest BCUT2D eigenvalue weighted by molar-refractivity contribution is 7.71. The molecular weight excluding hydrogens is 320 g/mol. The van der Waals surface area contributed by atoms with Crippen molar-refractivity contribution in [1.29, 1.82) is 0 Å². The maximum absolute atomic E-state index is 5.97. The largest absolute Gasteiger partial charge is 0.370 e. The molecule has 0 amide bonds. The van der Waals surface area contributed by atoms with Crippen LogP contribution in [0.5, 0.6) is 0 Å². The van der Waals surface area contributed by atoms with Crippen LogP contribution in [0.15, 0.2) is 24.3 Å². The summed E-state index contributed by atoms with van der Waals surface area (Å²) in [4.78, 5) is 1.45. The summed E-state index contributed by atoms with van der Waals surface area (Å²) in [6.07, 6.45) is 0. The van der Waals surface area contributed by atoms with Crippen molar-refractivity contribution in [3.05, 3.63) is 34.1 Å². The van der Waals surface area contributed by atoms with Crippen LogP contribution >= 0.6 is 23.8 Å². The highest BCUT2D eigenvalue weighted by Crippen LogP contribution is 2.20. The van der Waals surface area contributed by atoms with Gasteiger partial charge >= 0.3 is 0 Å². The van der Waals surface area contributed by atoms with Crippen LogP contribution in [-0.4, -0.2) is 40.7 Å². The Hall–Kier alpha value is -1.21.